The molecule has 1 aliphatic rings. The van der Waals surface area contributed by atoms with Crippen LogP contribution in [0.3, 0.4) is 0 Å². The largest absolute Gasteiger partial charge is 0.497 e. The van der Waals surface area contributed by atoms with Gasteiger partial charge in [-0.15, -0.1) is 0 Å². The zero-order chi connectivity index (χ0) is 15.5. The monoisotopic (exact) mass is 312 g/mol. The number of sulfonamides is 1. The molecule has 1 aromatic rings. The van der Waals surface area contributed by atoms with Gasteiger partial charge in [-0.25, -0.2) is 13.1 Å². The molecule has 1 aliphatic carbocycles. The predicted molar refractivity (Wildman–Crippen MR) is 83.7 cm³/mol. The Bertz CT molecular complexity index is 587. The summed E-state index contributed by atoms with van der Waals surface area (Å²) in [6.07, 6.45) is 4.69. The van der Waals surface area contributed by atoms with E-state index in [0.717, 1.165) is 6.42 Å². The molecule has 0 bridgehead atoms. The Morgan fingerprint density at radius 2 is 2.05 bits per heavy atom. The van der Waals surface area contributed by atoms with E-state index in [1.54, 1.807) is 6.07 Å². The second-order valence-corrected chi connectivity index (χ2v) is 7.51. The van der Waals surface area contributed by atoms with Crippen molar-refractivity contribution in [2.75, 3.05) is 19.4 Å². The van der Waals surface area contributed by atoms with E-state index in [-0.39, 0.29) is 10.6 Å². The number of ether oxygens (including phenoxy) is 1. The van der Waals surface area contributed by atoms with Gasteiger partial charge in [-0.3, -0.25) is 0 Å². The molecule has 1 aromatic carbocycles. The highest BCUT2D eigenvalue weighted by Crippen LogP contribution is 2.30. The Balaban J connectivity index is 2.07. The van der Waals surface area contributed by atoms with Crippen LogP contribution >= 0.6 is 0 Å². The van der Waals surface area contributed by atoms with Gasteiger partial charge in [0.25, 0.3) is 0 Å². The van der Waals surface area contributed by atoms with Crippen molar-refractivity contribution >= 4 is 15.7 Å². The Labute approximate surface area is 126 Å². The van der Waals surface area contributed by atoms with Gasteiger partial charge in [-0.1, -0.05) is 26.2 Å². The summed E-state index contributed by atoms with van der Waals surface area (Å²) in [5, 5.41) is 0. The van der Waals surface area contributed by atoms with Gasteiger partial charge in [-0.05, 0) is 30.4 Å². The summed E-state index contributed by atoms with van der Waals surface area (Å²) in [4.78, 5) is 0.117. The Morgan fingerprint density at radius 1 is 1.33 bits per heavy atom. The molecule has 5 nitrogen and oxygen atoms in total. The van der Waals surface area contributed by atoms with Gasteiger partial charge >= 0.3 is 0 Å². The smallest absolute Gasteiger partial charge is 0.242 e. The maximum absolute atomic E-state index is 12.4. The van der Waals surface area contributed by atoms with Crippen LogP contribution in [0.25, 0.3) is 0 Å². The van der Waals surface area contributed by atoms with E-state index in [4.69, 9.17) is 10.5 Å². The first-order valence-corrected chi connectivity index (χ1v) is 8.85. The molecule has 2 rings (SSSR count). The molecule has 3 N–H and O–H groups in total. The molecule has 0 aromatic heterocycles. The van der Waals surface area contributed by atoms with Gasteiger partial charge in [-0.2, -0.15) is 0 Å². The molecule has 0 radical (unpaired) electrons. The minimum Gasteiger partial charge on any atom is -0.497 e. The number of anilines is 1. The molecule has 0 spiro atoms. The summed E-state index contributed by atoms with van der Waals surface area (Å²) in [6.45, 7) is 2.68. The highest BCUT2D eigenvalue weighted by atomic mass is 32.2. The van der Waals surface area contributed by atoms with E-state index in [2.05, 4.69) is 11.6 Å². The van der Waals surface area contributed by atoms with Crippen molar-refractivity contribution in [3.8, 4) is 5.75 Å². The van der Waals surface area contributed by atoms with E-state index in [1.165, 1.54) is 38.5 Å². The molecular weight excluding hydrogens is 288 g/mol. The quantitative estimate of drug-likeness (QED) is 0.818. The van der Waals surface area contributed by atoms with Crippen LogP contribution in [-0.2, 0) is 10.0 Å². The fourth-order valence-corrected chi connectivity index (χ4v) is 4.09. The van der Waals surface area contributed by atoms with Crippen LogP contribution in [0, 0.1) is 11.8 Å². The average Bonchev–Trinajstić information content (AvgIpc) is 2.46. The average molecular weight is 312 g/mol. The van der Waals surface area contributed by atoms with Crippen LogP contribution in [0.4, 0.5) is 5.69 Å². The van der Waals surface area contributed by atoms with Gasteiger partial charge in [0.05, 0.1) is 12.8 Å². The van der Waals surface area contributed by atoms with Crippen LogP contribution in [0.15, 0.2) is 23.1 Å². The lowest BCUT2D eigenvalue weighted by atomic mass is 9.81. The number of nitrogens with one attached hydrogen (secondary N) is 1. The van der Waals surface area contributed by atoms with Crippen molar-refractivity contribution in [3.63, 3.8) is 0 Å². The van der Waals surface area contributed by atoms with Gasteiger partial charge in [0.1, 0.15) is 10.6 Å². The van der Waals surface area contributed by atoms with Gasteiger partial charge < -0.3 is 10.5 Å². The standard InChI is InChI=1S/C15H24N2O3S/c1-11-5-3-4-6-12(11)10-17-21(18,19)15-8-7-13(20-2)9-14(15)16/h7-9,11-12,17H,3-6,10,16H2,1-2H3. The number of benzene rings is 1. The van der Waals surface area contributed by atoms with Crippen LogP contribution < -0.4 is 15.2 Å². The van der Waals surface area contributed by atoms with E-state index < -0.39 is 10.0 Å². The minimum absolute atomic E-state index is 0.117. The summed E-state index contributed by atoms with van der Waals surface area (Å²) < 4.78 is 32.5. The maximum atomic E-state index is 12.4. The molecule has 21 heavy (non-hydrogen) atoms. The van der Waals surface area contributed by atoms with Crippen molar-refractivity contribution in [3.05, 3.63) is 18.2 Å². The maximum Gasteiger partial charge on any atom is 0.242 e. The Hall–Kier alpha value is -1.27. The van der Waals surface area contributed by atoms with E-state index in [1.807, 2.05) is 0 Å². The first kappa shape index (κ1) is 16.1. The third kappa shape index (κ3) is 3.89. The number of rotatable bonds is 5. The van der Waals surface area contributed by atoms with Gasteiger partial charge in [0, 0.05) is 12.6 Å². The van der Waals surface area contributed by atoms with Crippen molar-refractivity contribution in [2.45, 2.75) is 37.5 Å². The first-order chi connectivity index (χ1) is 9.94. The highest BCUT2D eigenvalue weighted by Gasteiger charge is 2.24. The molecule has 6 heteroatoms. The lowest BCUT2D eigenvalue weighted by molar-refractivity contribution is 0.257. The van der Waals surface area contributed by atoms with E-state index in [0.29, 0.717) is 24.1 Å². The molecule has 118 valence electrons. The molecule has 1 saturated carbocycles. The third-order valence-corrected chi connectivity index (χ3v) is 5.83. The summed E-state index contributed by atoms with van der Waals surface area (Å²) in [5.41, 5.74) is 6.03. The van der Waals surface area contributed by atoms with Crippen molar-refractivity contribution in [2.24, 2.45) is 11.8 Å². The van der Waals surface area contributed by atoms with Crippen LogP contribution in [-0.4, -0.2) is 22.1 Å². The van der Waals surface area contributed by atoms with Crippen molar-refractivity contribution < 1.29 is 13.2 Å². The molecule has 0 heterocycles. The molecular formula is C15H24N2O3S. The normalized spacial score (nSPS) is 23.0. The number of nitrogens with two attached hydrogens (primary N) is 1. The fraction of sp³-hybridized carbons (Fsp3) is 0.600. The molecule has 0 amide bonds. The summed E-state index contributed by atoms with van der Waals surface area (Å²) >= 11 is 0. The predicted octanol–water partition coefficient (Wildman–Crippen LogP) is 2.38. The Morgan fingerprint density at radius 3 is 2.67 bits per heavy atom. The van der Waals surface area contributed by atoms with Gasteiger partial charge in [0.2, 0.25) is 10.0 Å². The number of nitrogen functional groups attached to an aromatic ring is 1. The zero-order valence-electron chi connectivity index (χ0n) is 12.6. The van der Waals surface area contributed by atoms with Crippen LogP contribution in [0.5, 0.6) is 5.75 Å². The number of methoxy groups -OCH3 is 1. The summed E-state index contributed by atoms with van der Waals surface area (Å²) in [5.74, 6) is 1.52. The second kappa shape index (κ2) is 6.66. The van der Waals surface area contributed by atoms with Crippen LogP contribution in [0.1, 0.15) is 32.6 Å². The fourth-order valence-electron chi connectivity index (χ4n) is 2.89. The van der Waals surface area contributed by atoms with Crippen molar-refractivity contribution in [1.82, 2.24) is 4.72 Å². The molecule has 0 aliphatic heterocycles. The lowest BCUT2D eigenvalue weighted by Gasteiger charge is -2.28. The van der Waals surface area contributed by atoms with Crippen LogP contribution in [0.2, 0.25) is 0 Å². The lowest BCUT2D eigenvalue weighted by Crippen LogP contribution is -2.33. The number of hydrogen-bond acceptors (Lipinski definition) is 4. The van der Waals surface area contributed by atoms with E-state index in [9.17, 15) is 8.42 Å². The molecule has 2 atom stereocenters. The van der Waals surface area contributed by atoms with E-state index >= 15 is 0 Å². The SMILES string of the molecule is COc1ccc(S(=O)(=O)NCC2CCCCC2C)c(N)c1. The first-order valence-electron chi connectivity index (χ1n) is 7.37. The zero-order valence-corrected chi connectivity index (χ0v) is 13.4. The summed E-state index contributed by atoms with van der Waals surface area (Å²) in [6, 6.07) is 4.62. The second-order valence-electron chi connectivity index (χ2n) is 5.78. The van der Waals surface area contributed by atoms with Gasteiger partial charge in [0.15, 0.2) is 0 Å². The minimum atomic E-state index is -3.57. The molecule has 0 saturated heterocycles. The Kier molecular flexibility index (Phi) is 5.11. The van der Waals surface area contributed by atoms with Crippen molar-refractivity contribution in [1.29, 1.82) is 0 Å². The molecule has 2 unspecified atom stereocenters. The topological polar surface area (TPSA) is 81.4 Å². The highest BCUT2D eigenvalue weighted by molar-refractivity contribution is 7.89. The molecule has 1 fully saturated rings. The summed E-state index contributed by atoms with van der Waals surface area (Å²) in [7, 11) is -2.05. The number of hydrogen-bond donors (Lipinski definition) is 2. The third-order valence-electron chi connectivity index (χ3n) is 4.33.